The number of likely N-dealkylation sites (tertiary alicyclic amines) is 1. The van der Waals surface area contributed by atoms with Crippen molar-refractivity contribution in [3.05, 3.63) is 0 Å². The predicted molar refractivity (Wildman–Crippen MR) is 70.7 cm³/mol. The Labute approximate surface area is 105 Å². The Hall–Kier alpha value is -0.610. The van der Waals surface area contributed by atoms with Crippen molar-refractivity contribution in [3.8, 4) is 0 Å². The number of hydrogen-bond donors (Lipinski definition) is 2. The van der Waals surface area contributed by atoms with E-state index >= 15 is 0 Å². The van der Waals surface area contributed by atoms with Crippen molar-refractivity contribution in [2.45, 2.75) is 52.1 Å². The van der Waals surface area contributed by atoms with Crippen molar-refractivity contribution < 1.29 is 4.79 Å². The summed E-state index contributed by atoms with van der Waals surface area (Å²) >= 11 is 0. The van der Waals surface area contributed by atoms with Gasteiger partial charge in [0.2, 0.25) is 5.91 Å². The summed E-state index contributed by atoms with van der Waals surface area (Å²) in [4.78, 5) is 13.8. The van der Waals surface area contributed by atoms with E-state index in [1.807, 2.05) is 0 Å². The zero-order valence-electron chi connectivity index (χ0n) is 11.4. The van der Waals surface area contributed by atoms with Crippen molar-refractivity contribution in [1.82, 2.24) is 10.2 Å². The lowest BCUT2D eigenvalue weighted by molar-refractivity contribution is -0.120. The maximum Gasteiger partial charge on any atom is 0.235 e. The molecule has 0 aliphatic carbocycles. The molecule has 1 amide bonds. The number of carbonyl (C=O) groups is 1. The lowest BCUT2D eigenvalue weighted by Crippen LogP contribution is -2.53. The highest BCUT2D eigenvalue weighted by molar-refractivity contribution is 5.80. The molecule has 4 nitrogen and oxygen atoms in total. The standard InChI is InChI=1S/C13H27N3O/c1-4-7-15-12(13(14)17)9-16-8-10(2)5-6-11(16)3/h10-12,15H,4-9H2,1-3H3,(H2,14,17). The highest BCUT2D eigenvalue weighted by Crippen LogP contribution is 2.21. The van der Waals surface area contributed by atoms with Crippen LogP contribution in [0.2, 0.25) is 0 Å². The van der Waals surface area contributed by atoms with Crippen molar-refractivity contribution in [1.29, 1.82) is 0 Å². The normalized spacial score (nSPS) is 27.9. The fraction of sp³-hybridized carbons (Fsp3) is 0.923. The summed E-state index contributed by atoms with van der Waals surface area (Å²) in [5.41, 5.74) is 5.45. The van der Waals surface area contributed by atoms with Gasteiger partial charge in [-0.05, 0) is 38.6 Å². The number of nitrogens with zero attached hydrogens (tertiary/aromatic N) is 1. The smallest absolute Gasteiger partial charge is 0.235 e. The molecule has 3 N–H and O–H groups in total. The molecule has 0 saturated carbocycles. The molecule has 1 aliphatic heterocycles. The van der Waals surface area contributed by atoms with Crippen molar-refractivity contribution >= 4 is 5.91 Å². The molecule has 3 unspecified atom stereocenters. The molecule has 0 aromatic carbocycles. The van der Waals surface area contributed by atoms with Crippen LogP contribution < -0.4 is 11.1 Å². The van der Waals surface area contributed by atoms with Gasteiger partial charge >= 0.3 is 0 Å². The molecular weight excluding hydrogens is 214 g/mol. The highest BCUT2D eigenvalue weighted by Gasteiger charge is 2.26. The quantitative estimate of drug-likeness (QED) is 0.728. The number of rotatable bonds is 6. The molecule has 1 rings (SSSR count). The number of nitrogens with one attached hydrogen (secondary N) is 1. The Balaban J connectivity index is 2.49. The molecule has 17 heavy (non-hydrogen) atoms. The van der Waals surface area contributed by atoms with Crippen molar-refractivity contribution in [3.63, 3.8) is 0 Å². The fourth-order valence-electron chi connectivity index (χ4n) is 2.44. The van der Waals surface area contributed by atoms with Crippen LogP contribution in [0.3, 0.4) is 0 Å². The number of hydrogen-bond acceptors (Lipinski definition) is 3. The molecule has 0 spiro atoms. The second kappa shape index (κ2) is 6.97. The van der Waals surface area contributed by atoms with Gasteiger partial charge in [0, 0.05) is 19.1 Å². The molecule has 1 fully saturated rings. The first-order valence-electron chi connectivity index (χ1n) is 6.81. The molecule has 0 bridgehead atoms. The van der Waals surface area contributed by atoms with Crippen LogP contribution in [-0.4, -0.2) is 42.5 Å². The lowest BCUT2D eigenvalue weighted by Gasteiger charge is -2.38. The molecule has 100 valence electrons. The van der Waals surface area contributed by atoms with E-state index in [2.05, 4.69) is 31.0 Å². The maximum absolute atomic E-state index is 11.4. The molecule has 0 aromatic rings. The van der Waals surface area contributed by atoms with Gasteiger partial charge in [-0.15, -0.1) is 0 Å². The number of carbonyl (C=O) groups excluding carboxylic acids is 1. The van der Waals surface area contributed by atoms with Gasteiger partial charge in [-0.2, -0.15) is 0 Å². The minimum Gasteiger partial charge on any atom is -0.368 e. The van der Waals surface area contributed by atoms with E-state index in [1.54, 1.807) is 0 Å². The van der Waals surface area contributed by atoms with Crippen LogP contribution in [0.5, 0.6) is 0 Å². The Kier molecular flexibility index (Phi) is 5.92. The second-order valence-electron chi connectivity index (χ2n) is 5.39. The molecule has 3 atom stereocenters. The van der Waals surface area contributed by atoms with Crippen molar-refractivity contribution in [2.24, 2.45) is 11.7 Å². The van der Waals surface area contributed by atoms with E-state index in [4.69, 9.17) is 5.73 Å². The predicted octanol–water partition coefficient (Wildman–Crippen LogP) is 0.960. The van der Waals surface area contributed by atoms with Crippen molar-refractivity contribution in [2.75, 3.05) is 19.6 Å². The van der Waals surface area contributed by atoms with Gasteiger partial charge in [-0.1, -0.05) is 13.8 Å². The molecule has 0 radical (unpaired) electrons. The first kappa shape index (κ1) is 14.5. The van der Waals surface area contributed by atoms with E-state index in [-0.39, 0.29) is 11.9 Å². The van der Waals surface area contributed by atoms with Crippen LogP contribution in [0.1, 0.15) is 40.0 Å². The number of amides is 1. The van der Waals surface area contributed by atoms with Gasteiger partial charge in [-0.3, -0.25) is 9.69 Å². The Morgan fingerprint density at radius 2 is 2.18 bits per heavy atom. The van der Waals surface area contributed by atoms with E-state index in [9.17, 15) is 4.79 Å². The summed E-state index contributed by atoms with van der Waals surface area (Å²) in [7, 11) is 0. The highest BCUT2D eigenvalue weighted by atomic mass is 16.1. The zero-order chi connectivity index (χ0) is 12.8. The number of piperidine rings is 1. The van der Waals surface area contributed by atoms with Gasteiger partial charge in [0.05, 0.1) is 6.04 Å². The van der Waals surface area contributed by atoms with Crippen LogP contribution >= 0.6 is 0 Å². The van der Waals surface area contributed by atoms with Crippen LogP contribution in [0.15, 0.2) is 0 Å². The zero-order valence-corrected chi connectivity index (χ0v) is 11.4. The summed E-state index contributed by atoms with van der Waals surface area (Å²) in [5, 5.41) is 3.24. The minimum atomic E-state index is -0.233. The van der Waals surface area contributed by atoms with Gasteiger partial charge in [-0.25, -0.2) is 0 Å². The third kappa shape index (κ3) is 4.64. The first-order valence-corrected chi connectivity index (χ1v) is 6.81. The summed E-state index contributed by atoms with van der Waals surface area (Å²) in [5.74, 6) is 0.495. The van der Waals surface area contributed by atoms with Gasteiger partial charge in [0.1, 0.15) is 0 Å². The third-order valence-electron chi connectivity index (χ3n) is 3.65. The van der Waals surface area contributed by atoms with E-state index in [0.717, 1.165) is 32.0 Å². The molecule has 0 aromatic heterocycles. The number of nitrogens with two attached hydrogens (primary N) is 1. The Morgan fingerprint density at radius 3 is 2.76 bits per heavy atom. The minimum absolute atomic E-state index is 0.206. The van der Waals surface area contributed by atoms with Gasteiger partial charge in [0.15, 0.2) is 0 Å². The van der Waals surface area contributed by atoms with Crippen LogP contribution in [-0.2, 0) is 4.79 Å². The van der Waals surface area contributed by atoms with E-state index < -0.39 is 0 Å². The van der Waals surface area contributed by atoms with Gasteiger partial charge in [0.25, 0.3) is 0 Å². The summed E-state index contributed by atoms with van der Waals surface area (Å²) in [6.45, 7) is 9.29. The first-order chi connectivity index (χ1) is 8.04. The van der Waals surface area contributed by atoms with E-state index in [0.29, 0.717) is 6.04 Å². The van der Waals surface area contributed by atoms with E-state index in [1.165, 1.54) is 12.8 Å². The average Bonchev–Trinajstić information content (AvgIpc) is 2.28. The Bertz CT molecular complexity index is 245. The number of primary amides is 1. The molecule has 4 heteroatoms. The topological polar surface area (TPSA) is 58.4 Å². The summed E-state index contributed by atoms with van der Waals surface area (Å²) in [6.07, 6.45) is 3.54. The monoisotopic (exact) mass is 241 g/mol. The third-order valence-corrected chi connectivity index (χ3v) is 3.65. The van der Waals surface area contributed by atoms with Crippen LogP contribution in [0, 0.1) is 5.92 Å². The molecular formula is C13H27N3O. The molecule has 1 heterocycles. The largest absolute Gasteiger partial charge is 0.368 e. The fourth-order valence-corrected chi connectivity index (χ4v) is 2.44. The summed E-state index contributed by atoms with van der Waals surface area (Å²) < 4.78 is 0. The van der Waals surface area contributed by atoms with Gasteiger partial charge < -0.3 is 11.1 Å². The molecule has 1 aliphatic rings. The maximum atomic E-state index is 11.4. The summed E-state index contributed by atoms with van der Waals surface area (Å²) in [6, 6.07) is 0.360. The van der Waals surface area contributed by atoms with Crippen LogP contribution in [0.4, 0.5) is 0 Å². The Morgan fingerprint density at radius 1 is 1.47 bits per heavy atom. The lowest BCUT2D eigenvalue weighted by atomic mass is 9.94. The second-order valence-corrected chi connectivity index (χ2v) is 5.39. The SMILES string of the molecule is CCCNC(CN1CC(C)CCC1C)C(N)=O. The average molecular weight is 241 g/mol. The van der Waals surface area contributed by atoms with Crippen LogP contribution in [0.25, 0.3) is 0 Å². The molecule has 1 saturated heterocycles.